The Kier molecular flexibility index (Phi) is 4.13. The first-order chi connectivity index (χ1) is 7.50. The van der Waals surface area contributed by atoms with Crippen molar-refractivity contribution in [2.24, 2.45) is 0 Å². The number of amides is 1. The first-order valence-corrected chi connectivity index (χ1v) is 4.93. The van der Waals surface area contributed by atoms with Crippen LogP contribution in [-0.4, -0.2) is 23.5 Å². The molecule has 5 nitrogen and oxygen atoms in total. The minimum atomic E-state index is -0.968. The van der Waals surface area contributed by atoms with E-state index in [-0.39, 0.29) is 24.2 Å². The predicted octanol–water partition coefficient (Wildman–Crippen LogP) is 1.13. The van der Waals surface area contributed by atoms with Gasteiger partial charge in [-0.25, -0.2) is 0 Å². The second-order valence-corrected chi connectivity index (χ2v) is 3.57. The molecule has 0 heterocycles. The molecule has 0 spiro atoms. The van der Waals surface area contributed by atoms with Crippen LogP contribution in [0.5, 0.6) is 0 Å². The number of nitrogens with two attached hydrogens (primary N) is 1. The second-order valence-electron chi connectivity index (χ2n) is 3.13. The summed E-state index contributed by atoms with van der Waals surface area (Å²) in [4.78, 5) is 21.8. The summed E-state index contributed by atoms with van der Waals surface area (Å²) in [6, 6.07) is 4.51. The number of hydrogen-bond donors (Lipinski definition) is 3. The van der Waals surface area contributed by atoms with Crippen molar-refractivity contribution in [2.45, 2.75) is 6.42 Å². The molecule has 0 aromatic heterocycles. The van der Waals surface area contributed by atoms with Gasteiger partial charge >= 0.3 is 5.97 Å². The maximum absolute atomic E-state index is 11.5. The third-order valence-electron chi connectivity index (χ3n) is 1.88. The summed E-state index contributed by atoms with van der Waals surface area (Å²) in [5.74, 6) is -1.38. The zero-order valence-corrected chi connectivity index (χ0v) is 9.12. The molecular formula is C10H11ClN2O3. The van der Waals surface area contributed by atoms with E-state index in [1.807, 2.05) is 0 Å². The number of nitrogens with one attached hydrogen (secondary N) is 1. The first kappa shape index (κ1) is 12.3. The van der Waals surface area contributed by atoms with Crippen LogP contribution in [0.1, 0.15) is 16.8 Å². The molecule has 0 aliphatic rings. The molecule has 0 fully saturated rings. The van der Waals surface area contributed by atoms with Crippen molar-refractivity contribution >= 4 is 29.2 Å². The molecule has 86 valence electrons. The van der Waals surface area contributed by atoms with Gasteiger partial charge in [-0.15, -0.1) is 0 Å². The fourth-order valence-corrected chi connectivity index (χ4v) is 1.30. The lowest BCUT2D eigenvalue weighted by atomic mass is 10.1. The SMILES string of the molecule is Nc1cc(Cl)ccc1C(=O)NCCC(=O)O. The Labute approximate surface area is 97.2 Å². The Bertz CT molecular complexity index is 421. The van der Waals surface area contributed by atoms with Crippen LogP contribution >= 0.6 is 11.6 Å². The van der Waals surface area contributed by atoms with E-state index in [9.17, 15) is 9.59 Å². The highest BCUT2D eigenvalue weighted by Crippen LogP contribution is 2.17. The summed E-state index contributed by atoms with van der Waals surface area (Å²) in [7, 11) is 0. The lowest BCUT2D eigenvalue weighted by Gasteiger charge is -2.06. The quantitative estimate of drug-likeness (QED) is 0.690. The Hall–Kier alpha value is -1.75. The molecule has 0 atom stereocenters. The van der Waals surface area contributed by atoms with E-state index in [1.165, 1.54) is 12.1 Å². The molecule has 1 amide bonds. The third kappa shape index (κ3) is 3.43. The number of carboxylic acid groups (broad SMARTS) is 1. The van der Waals surface area contributed by atoms with Crippen molar-refractivity contribution in [1.29, 1.82) is 0 Å². The van der Waals surface area contributed by atoms with Crippen LogP contribution in [0.25, 0.3) is 0 Å². The van der Waals surface area contributed by atoms with Crippen LogP contribution < -0.4 is 11.1 Å². The largest absolute Gasteiger partial charge is 0.481 e. The van der Waals surface area contributed by atoms with Crippen LogP contribution in [0.15, 0.2) is 18.2 Å². The van der Waals surface area contributed by atoms with Gasteiger partial charge in [0.25, 0.3) is 5.91 Å². The molecule has 1 aromatic carbocycles. The summed E-state index contributed by atoms with van der Waals surface area (Å²) in [6.07, 6.45) is -0.126. The number of hydrogen-bond acceptors (Lipinski definition) is 3. The number of rotatable bonds is 4. The average molecular weight is 243 g/mol. The summed E-state index contributed by atoms with van der Waals surface area (Å²) < 4.78 is 0. The van der Waals surface area contributed by atoms with Gasteiger partial charge in [0.2, 0.25) is 0 Å². The van der Waals surface area contributed by atoms with Crippen LogP contribution in [0.4, 0.5) is 5.69 Å². The summed E-state index contributed by atoms with van der Waals surface area (Å²) in [6.45, 7) is 0.0657. The fourth-order valence-electron chi connectivity index (χ4n) is 1.12. The van der Waals surface area contributed by atoms with E-state index in [0.29, 0.717) is 5.02 Å². The van der Waals surface area contributed by atoms with E-state index < -0.39 is 11.9 Å². The molecule has 0 aliphatic carbocycles. The van der Waals surface area contributed by atoms with Gasteiger partial charge in [0, 0.05) is 17.3 Å². The number of carbonyl (C=O) groups is 2. The Balaban J connectivity index is 2.63. The summed E-state index contributed by atoms with van der Waals surface area (Å²) >= 11 is 5.68. The van der Waals surface area contributed by atoms with E-state index >= 15 is 0 Å². The number of anilines is 1. The normalized spacial score (nSPS) is 9.81. The molecule has 1 rings (SSSR count). The average Bonchev–Trinajstić information content (AvgIpc) is 2.16. The van der Waals surface area contributed by atoms with Crippen LogP contribution in [0.3, 0.4) is 0 Å². The van der Waals surface area contributed by atoms with Crippen LogP contribution in [0, 0.1) is 0 Å². The molecule has 1 aromatic rings. The molecule has 4 N–H and O–H groups in total. The first-order valence-electron chi connectivity index (χ1n) is 4.55. The van der Waals surface area contributed by atoms with Crippen molar-refractivity contribution in [3.05, 3.63) is 28.8 Å². The number of carbonyl (C=O) groups excluding carboxylic acids is 1. The molecule has 0 saturated carbocycles. The van der Waals surface area contributed by atoms with Crippen molar-refractivity contribution < 1.29 is 14.7 Å². The zero-order chi connectivity index (χ0) is 12.1. The van der Waals surface area contributed by atoms with Crippen LogP contribution in [0.2, 0.25) is 5.02 Å². The van der Waals surface area contributed by atoms with Crippen molar-refractivity contribution in [2.75, 3.05) is 12.3 Å². The van der Waals surface area contributed by atoms with E-state index in [1.54, 1.807) is 6.07 Å². The molecule has 0 saturated heterocycles. The molecule has 0 bridgehead atoms. The predicted molar refractivity (Wildman–Crippen MR) is 60.5 cm³/mol. The minimum Gasteiger partial charge on any atom is -0.481 e. The minimum absolute atomic E-state index is 0.0657. The maximum Gasteiger partial charge on any atom is 0.305 e. The van der Waals surface area contributed by atoms with E-state index in [2.05, 4.69) is 5.32 Å². The van der Waals surface area contributed by atoms with Crippen LogP contribution in [-0.2, 0) is 4.79 Å². The summed E-state index contributed by atoms with van der Waals surface area (Å²) in [5.41, 5.74) is 6.14. The lowest BCUT2D eigenvalue weighted by molar-refractivity contribution is -0.136. The van der Waals surface area contributed by atoms with Gasteiger partial charge in [-0.2, -0.15) is 0 Å². The Morgan fingerprint density at radius 1 is 1.44 bits per heavy atom. The van der Waals surface area contributed by atoms with Gasteiger partial charge < -0.3 is 16.2 Å². The lowest BCUT2D eigenvalue weighted by Crippen LogP contribution is -2.26. The highest BCUT2D eigenvalue weighted by atomic mass is 35.5. The highest BCUT2D eigenvalue weighted by Gasteiger charge is 2.09. The zero-order valence-electron chi connectivity index (χ0n) is 8.37. The Morgan fingerprint density at radius 3 is 2.69 bits per heavy atom. The number of benzene rings is 1. The maximum atomic E-state index is 11.5. The second kappa shape index (κ2) is 5.37. The smallest absolute Gasteiger partial charge is 0.305 e. The van der Waals surface area contributed by atoms with Gasteiger partial charge in [0.15, 0.2) is 0 Å². The molecular weight excluding hydrogens is 232 g/mol. The molecule has 0 aliphatic heterocycles. The van der Waals surface area contributed by atoms with E-state index in [4.69, 9.17) is 22.4 Å². The number of halogens is 1. The molecule has 16 heavy (non-hydrogen) atoms. The summed E-state index contributed by atoms with van der Waals surface area (Å²) in [5, 5.41) is 11.3. The van der Waals surface area contributed by atoms with Gasteiger partial charge in [0.1, 0.15) is 0 Å². The number of carboxylic acids is 1. The number of nitrogen functional groups attached to an aromatic ring is 1. The van der Waals surface area contributed by atoms with E-state index in [0.717, 1.165) is 0 Å². The van der Waals surface area contributed by atoms with Gasteiger partial charge in [0.05, 0.1) is 12.0 Å². The van der Waals surface area contributed by atoms with Crippen molar-refractivity contribution in [3.63, 3.8) is 0 Å². The fraction of sp³-hybridized carbons (Fsp3) is 0.200. The van der Waals surface area contributed by atoms with Crippen molar-refractivity contribution in [3.8, 4) is 0 Å². The van der Waals surface area contributed by atoms with Crippen molar-refractivity contribution in [1.82, 2.24) is 5.32 Å². The monoisotopic (exact) mass is 242 g/mol. The molecule has 0 unspecified atom stereocenters. The Morgan fingerprint density at radius 2 is 2.12 bits per heavy atom. The van der Waals surface area contributed by atoms with Gasteiger partial charge in [-0.05, 0) is 18.2 Å². The third-order valence-corrected chi connectivity index (χ3v) is 2.12. The van der Waals surface area contributed by atoms with Gasteiger partial charge in [-0.3, -0.25) is 9.59 Å². The standard InChI is InChI=1S/C10H11ClN2O3/c11-6-1-2-7(8(12)5-6)10(16)13-4-3-9(14)15/h1-2,5H,3-4,12H2,(H,13,16)(H,14,15). The van der Waals surface area contributed by atoms with Gasteiger partial charge in [-0.1, -0.05) is 11.6 Å². The molecule has 6 heteroatoms. The molecule has 0 radical (unpaired) electrons. The highest BCUT2D eigenvalue weighted by molar-refractivity contribution is 6.31. The topological polar surface area (TPSA) is 92.4 Å². The number of aliphatic carboxylic acids is 1.